The molecule has 26 heavy (non-hydrogen) atoms. The standard InChI is InChI=1S/C19H23BrN2O3S/c1-10-16(11(2)23)17(22-19(26)21-10)12-8-14(20)18(15(9-12)24-3)25-13-6-4-5-7-13/h8-9,13,17H,4-7H2,1-3H3,(H2,21,22,26)/t17-/m0/s1. The van der Waals surface area contributed by atoms with Crippen molar-refractivity contribution in [2.75, 3.05) is 7.11 Å². The van der Waals surface area contributed by atoms with Gasteiger partial charge in [-0.2, -0.15) is 0 Å². The molecule has 140 valence electrons. The molecule has 1 aromatic carbocycles. The Morgan fingerprint density at radius 2 is 2.00 bits per heavy atom. The van der Waals surface area contributed by atoms with E-state index in [0.29, 0.717) is 22.2 Å². The van der Waals surface area contributed by atoms with Crippen LogP contribution in [0.4, 0.5) is 0 Å². The van der Waals surface area contributed by atoms with Gasteiger partial charge in [0.15, 0.2) is 22.4 Å². The lowest BCUT2D eigenvalue weighted by Gasteiger charge is -2.30. The summed E-state index contributed by atoms with van der Waals surface area (Å²) >= 11 is 8.90. The molecule has 2 N–H and O–H groups in total. The van der Waals surface area contributed by atoms with Crippen molar-refractivity contribution in [1.29, 1.82) is 0 Å². The van der Waals surface area contributed by atoms with Crippen molar-refractivity contribution < 1.29 is 14.3 Å². The molecule has 7 heteroatoms. The molecule has 0 amide bonds. The maximum atomic E-state index is 12.2. The number of carbonyl (C=O) groups excluding carboxylic acids is 1. The lowest BCUT2D eigenvalue weighted by Crippen LogP contribution is -2.44. The molecular weight excluding hydrogens is 416 g/mol. The van der Waals surface area contributed by atoms with Crippen molar-refractivity contribution in [2.45, 2.75) is 51.7 Å². The molecule has 0 saturated heterocycles. The largest absolute Gasteiger partial charge is 0.493 e. The van der Waals surface area contributed by atoms with Gasteiger partial charge in [-0.15, -0.1) is 0 Å². The number of Topliss-reactive ketones (excluding diaryl/α,β-unsaturated/α-hetero) is 1. The fourth-order valence-electron chi connectivity index (χ4n) is 3.60. The molecule has 1 heterocycles. The average Bonchev–Trinajstić information content (AvgIpc) is 3.08. The summed E-state index contributed by atoms with van der Waals surface area (Å²) in [6, 6.07) is 3.55. The quantitative estimate of drug-likeness (QED) is 0.672. The maximum Gasteiger partial charge on any atom is 0.175 e. The van der Waals surface area contributed by atoms with Crippen LogP contribution in [0.1, 0.15) is 51.1 Å². The second-order valence-electron chi connectivity index (χ2n) is 6.68. The number of carbonyl (C=O) groups is 1. The average molecular weight is 439 g/mol. The first-order chi connectivity index (χ1) is 12.4. The molecule has 0 radical (unpaired) electrons. The molecule has 1 atom stereocenters. The Balaban J connectivity index is 1.99. The summed E-state index contributed by atoms with van der Waals surface area (Å²) in [6.07, 6.45) is 4.76. The van der Waals surface area contributed by atoms with Crippen LogP contribution in [0.3, 0.4) is 0 Å². The number of ketones is 1. The van der Waals surface area contributed by atoms with Gasteiger partial charge in [0, 0.05) is 11.3 Å². The highest BCUT2D eigenvalue weighted by Crippen LogP contribution is 2.41. The van der Waals surface area contributed by atoms with Crippen molar-refractivity contribution in [3.05, 3.63) is 33.4 Å². The molecule has 2 aliphatic rings. The summed E-state index contributed by atoms with van der Waals surface area (Å²) in [5, 5.41) is 6.71. The van der Waals surface area contributed by atoms with Crippen LogP contribution >= 0.6 is 28.1 Å². The Morgan fingerprint density at radius 1 is 1.31 bits per heavy atom. The van der Waals surface area contributed by atoms with E-state index < -0.39 is 0 Å². The van der Waals surface area contributed by atoms with Crippen LogP contribution in [0.25, 0.3) is 0 Å². The number of hydrogen-bond acceptors (Lipinski definition) is 4. The summed E-state index contributed by atoms with van der Waals surface area (Å²) < 4.78 is 12.6. The molecule has 0 unspecified atom stereocenters. The number of allylic oxidation sites excluding steroid dienone is 1. The molecule has 1 aromatic rings. The van der Waals surface area contributed by atoms with Gasteiger partial charge in [-0.25, -0.2) is 0 Å². The fourth-order valence-corrected chi connectivity index (χ4v) is 4.43. The van der Waals surface area contributed by atoms with Crippen LogP contribution in [0, 0.1) is 0 Å². The number of benzene rings is 1. The van der Waals surface area contributed by atoms with Crippen molar-refractivity contribution in [3.63, 3.8) is 0 Å². The van der Waals surface area contributed by atoms with Crippen molar-refractivity contribution in [2.24, 2.45) is 0 Å². The Kier molecular flexibility index (Phi) is 5.87. The van der Waals surface area contributed by atoms with E-state index in [9.17, 15) is 4.79 Å². The third kappa shape index (κ3) is 3.88. The first-order valence-electron chi connectivity index (χ1n) is 8.74. The zero-order chi connectivity index (χ0) is 18.8. The highest BCUT2D eigenvalue weighted by atomic mass is 79.9. The van der Waals surface area contributed by atoms with E-state index in [1.165, 1.54) is 12.8 Å². The van der Waals surface area contributed by atoms with Gasteiger partial charge in [0.2, 0.25) is 0 Å². The van der Waals surface area contributed by atoms with Crippen molar-refractivity contribution >= 4 is 39.0 Å². The predicted molar refractivity (Wildman–Crippen MR) is 109 cm³/mol. The second kappa shape index (κ2) is 7.96. The number of hydrogen-bond donors (Lipinski definition) is 2. The lowest BCUT2D eigenvalue weighted by atomic mass is 9.93. The van der Waals surface area contributed by atoms with Crippen LogP contribution in [0.15, 0.2) is 27.9 Å². The molecule has 1 saturated carbocycles. The van der Waals surface area contributed by atoms with Crippen LogP contribution in [-0.4, -0.2) is 24.1 Å². The first-order valence-corrected chi connectivity index (χ1v) is 9.94. The van der Waals surface area contributed by atoms with E-state index in [2.05, 4.69) is 26.6 Å². The monoisotopic (exact) mass is 438 g/mol. The molecule has 0 aromatic heterocycles. The first kappa shape index (κ1) is 19.2. The summed E-state index contributed by atoms with van der Waals surface area (Å²) in [5.41, 5.74) is 2.32. The van der Waals surface area contributed by atoms with Gasteiger partial charge in [-0.05, 0) is 85.4 Å². The Bertz CT molecular complexity index is 772. The molecule has 3 rings (SSSR count). The highest BCUT2D eigenvalue weighted by molar-refractivity contribution is 9.10. The van der Waals surface area contributed by atoms with E-state index in [1.807, 2.05) is 19.1 Å². The minimum Gasteiger partial charge on any atom is -0.493 e. The van der Waals surface area contributed by atoms with Crippen LogP contribution in [-0.2, 0) is 4.79 Å². The number of thiocarbonyl (C=S) groups is 1. The van der Waals surface area contributed by atoms with Gasteiger partial charge in [0.05, 0.1) is 23.7 Å². The van der Waals surface area contributed by atoms with Gasteiger partial charge in [-0.3, -0.25) is 4.79 Å². The minimum absolute atomic E-state index is 0.00336. The summed E-state index contributed by atoms with van der Waals surface area (Å²) in [4.78, 5) is 12.2. The molecular formula is C19H23BrN2O3S. The second-order valence-corrected chi connectivity index (χ2v) is 7.95. The molecule has 1 aliphatic carbocycles. The smallest absolute Gasteiger partial charge is 0.175 e. The van der Waals surface area contributed by atoms with Gasteiger partial charge in [0.1, 0.15) is 0 Å². The van der Waals surface area contributed by atoms with E-state index in [0.717, 1.165) is 28.6 Å². The number of rotatable bonds is 5. The maximum absolute atomic E-state index is 12.2. The Labute approximate surface area is 167 Å². The van der Waals surface area contributed by atoms with Gasteiger partial charge in [0.25, 0.3) is 0 Å². The number of nitrogens with one attached hydrogen (secondary N) is 2. The molecule has 1 aliphatic heterocycles. The SMILES string of the molecule is COc1cc([C@@H]2NC(=S)NC(C)=C2C(C)=O)cc(Br)c1OC1CCCC1. The Hall–Kier alpha value is -1.60. The summed E-state index contributed by atoms with van der Waals surface area (Å²) in [7, 11) is 1.63. The van der Waals surface area contributed by atoms with E-state index in [-0.39, 0.29) is 17.9 Å². The zero-order valence-corrected chi connectivity index (χ0v) is 17.6. The van der Waals surface area contributed by atoms with Crippen LogP contribution in [0.5, 0.6) is 11.5 Å². The third-order valence-corrected chi connectivity index (χ3v) is 5.63. The molecule has 0 bridgehead atoms. The lowest BCUT2D eigenvalue weighted by molar-refractivity contribution is -0.114. The molecule has 5 nitrogen and oxygen atoms in total. The van der Waals surface area contributed by atoms with Crippen LogP contribution in [0.2, 0.25) is 0 Å². The van der Waals surface area contributed by atoms with Crippen LogP contribution < -0.4 is 20.1 Å². The van der Waals surface area contributed by atoms with Crippen molar-refractivity contribution in [3.8, 4) is 11.5 Å². The fraction of sp³-hybridized carbons (Fsp3) is 0.474. The zero-order valence-electron chi connectivity index (χ0n) is 15.1. The third-order valence-electron chi connectivity index (χ3n) is 4.82. The normalized spacial score (nSPS) is 20.6. The summed E-state index contributed by atoms with van der Waals surface area (Å²) in [6.45, 7) is 3.42. The van der Waals surface area contributed by atoms with Gasteiger partial charge >= 0.3 is 0 Å². The molecule has 0 spiro atoms. The number of ether oxygens (including phenoxy) is 2. The Morgan fingerprint density at radius 3 is 2.62 bits per heavy atom. The molecule has 1 fully saturated rings. The summed E-state index contributed by atoms with van der Waals surface area (Å²) in [5.74, 6) is 1.36. The van der Waals surface area contributed by atoms with E-state index in [1.54, 1.807) is 14.0 Å². The van der Waals surface area contributed by atoms with E-state index >= 15 is 0 Å². The highest BCUT2D eigenvalue weighted by Gasteiger charge is 2.29. The topological polar surface area (TPSA) is 59.6 Å². The van der Waals surface area contributed by atoms with E-state index in [4.69, 9.17) is 21.7 Å². The van der Waals surface area contributed by atoms with Gasteiger partial charge in [-0.1, -0.05) is 0 Å². The predicted octanol–water partition coefficient (Wildman–Crippen LogP) is 4.16. The van der Waals surface area contributed by atoms with Crippen molar-refractivity contribution in [1.82, 2.24) is 10.6 Å². The number of methoxy groups -OCH3 is 1. The number of halogens is 1. The van der Waals surface area contributed by atoms with Gasteiger partial charge < -0.3 is 20.1 Å². The minimum atomic E-state index is -0.327.